The molecule has 2 nitrogen and oxygen atoms in total. The highest BCUT2D eigenvalue weighted by molar-refractivity contribution is 5.95. The molecule has 0 fully saturated rings. The van der Waals surface area contributed by atoms with Crippen molar-refractivity contribution in [3.63, 3.8) is 0 Å². The van der Waals surface area contributed by atoms with E-state index in [1.54, 1.807) is 0 Å². The number of rotatable bonds is 2. The summed E-state index contributed by atoms with van der Waals surface area (Å²) in [6, 6.07) is 8.69. The molecule has 0 aliphatic carbocycles. The van der Waals surface area contributed by atoms with Crippen LogP contribution < -0.4 is 0 Å². The fourth-order valence-electron chi connectivity index (χ4n) is 2.31. The normalized spacial score (nSPS) is 12.3. The van der Waals surface area contributed by atoms with Crippen molar-refractivity contribution in [1.29, 1.82) is 0 Å². The molecular weight excluding hydrogens is 222 g/mol. The SMILES string of the molecule is CC(C)c1cc2cc3oc(C(C)C)cc3cc2[nH]1. The van der Waals surface area contributed by atoms with Crippen molar-refractivity contribution < 1.29 is 4.42 Å². The average molecular weight is 241 g/mol. The summed E-state index contributed by atoms with van der Waals surface area (Å²) in [4.78, 5) is 3.48. The Bertz CT molecular complexity index is 592. The molecule has 0 atom stereocenters. The molecule has 0 amide bonds. The van der Waals surface area contributed by atoms with Gasteiger partial charge in [0.05, 0.1) is 0 Å². The molecule has 0 aliphatic rings. The fraction of sp³-hybridized carbons (Fsp3) is 0.375. The largest absolute Gasteiger partial charge is 0.461 e. The van der Waals surface area contributed by atoms with Crippen LogP contribution in [0.5, 0.6) is 0 Å². The molecule has 0 saturated carbocycles. The van der Waals surface area contributed by atoms with Gasteiger partial charge in [-0.25, -0.2) is 0 Å². The van der Waals surface area contributed by atoms with Crippen LogP contribution in [-0.2, 0) is 0 Å². The van der Waals surface area contributed by atoms with E-state index in [1.807, 2.05) is 0 Å². The molecular formula is C16H19NO. The lowest BCUT2D eigenvalue weighted by atomic mass is 10.1. The van der Waals surface area contributed by atoms with Crippen LogP contribution in [0, 0.1) is 0 Å². The molecule has 0 aliphatic heterocycles. The van der Waals surface area contributed by atoms with Crippen molar-refractivity contribution in [1.82, 2.24) is 4.98 Å². The van der Waals surface area contributed by atoms with Gasteiger partial charge in [0, 0.05) is 27.9 Å². The quantitative estimate of drug-likeness (QED) is 0.659. The van der Waals surface area contributed by atoms with Gasteiger partial charge in [-0.05, 0) is 30.2 Å². The molecule has 2 aromatic heterocycles. The predicted octanol–water partition coefficient (Wildman–Crippen LogP) is 5.16. The van der Waals surface area contributed by atoms with E-state index >= 15 is 0 Å². The Balaban J connectivity index is 2.21. The summed E-state index contributed by atoms with van der Waals surface area (Å²) < 4.78 is 5.89. The highest BCUT2D eigenvalue weighted by Crippen LogP contribution is 2.30. The third kappa shape index (κ3) is 1.72. The van der Waals surface area contributed by atoms with Gasteiger partial charge in [-0.3, -0.25) is 0 Å². The average Bonchev–Trinajstić information content (AvgIpc) is 2.87. The Kier molecular flexibility index (Phi) is 2.47. The number of H-pyrrole nitrogens is 1. The number of aromatic amines is 1. The maximum Gasteiger partial charge on any atom is 0.135 e. The van der Waals surface area contributed by atoms with E-state index in [0.29, 0.717) is 11.8 Å². The summed E-state index contributed by atoms with van der Waals surface area (Å²) in [7, 11) is 0. The van der Waals surface area contributed by atoms with Crippen molar-refractivity contribution in [2.24, 2.45) is 0 Å². The van der Waals surface area contributed by atoms with E-state index in [4.69, 9.17) is 4.42 Å². The van der Waals surface area contributed by atoms with Gasteiger partial charge in [0.15, 0.2) is 0 Å². The number of hydrogen-bond donors (Lipinski definition) is 1. The van der Waals surface area contributed by atoms with Crippen LogP contribution in [0.3, 0.4) is 0 Å². The topological polar surface area (TPSA) is 28.9 Å². The third-order valence-corrected chi connectivity index (χ3v) is 3.49. The summed E-state index contributed by atoms with van der Waals surface area (Å²) in [5, 5.41) is 2.42. The van der Waals surface area contributed by atoms with E-state index in [0.717, 1.165) is 11.3 Å². The zero-order chi connectivity index (χ0) is 12.9. The van der Waals surface area contributed by atoms with Crippen LogP contribution in [0.1, 0.15) is 51.0 Å². The van der Waals surface area contributed by atoms with E-state index in [9.17, 15) is 0 Å². The lowest BCUT2D eigenvalue weighted by Crippen LogP contribution is -1.84. The van der Waals surface area contributed by atoms with Crippen molar-refractivity contribution in [2.75, 3.05) is 0 Å². The first kappa shape index (κ1) is 11.4. The Morgan fingerprint density at radius 1 is 0.889 bits per heavy atom. The minimum Gasteiger partial charge on any atom is -0.461 e. The smallest absolute Gasteiger partial charge is 0.135 e. The molecule has 0 spiro atoms. The number of hydrogen-bond acceptors (Lipinski definition) is 1. The number of nitrogens with one attached hydrogen (secondary N) is 1. The number of furan rings is 1. The highest BCUT2D eigenvalue weighted by atomic mass is 16.3. The first-order valence-electron chi connectivity index (χ1n) is 6.60. The van der Waals surface area contributed by atoms with Crippen LogP contribution in [0.2, 0.25) is 0 Å². The Labute approximate surface area is 107 Å². The van der Waals surface area contributed by atoms with Crippen molar-refractivity contribution in [3.8, 4) is 0 Å². The minimum atomic E-state index is 0.432. The zero-order valence-corrected chi connectivity index (χ0v) is 11.4. The summed E-state index contributed by atoms with van der Waals surface area (Å²) in [6.45, 7) is 8.71. The van der Waals surface area contributed by atoms with Gasteiger partial charge in [-0.2, -0.15) is 0 Å². The third-order valence-electron chi connectivity index (χ3n) is 3.49. The summed E-state index contributed by atoms with van der Waals surface area (Å²) in [5.74, 6) is 2.01. The molecule has 0 radical (unpaired) electrons. The first-order valence-corrected chi connectivity index (χ1v) is 6.60. The molecule has 0 saturated heterocycles. The molecule has 1 N–H and O–H groups in total. The van der Waals surface area contributed by atoms with Crippen LogP contribution in [0.25, 0.3) is 21.9 Å². The molecule has 0 unspecified atom stereocenters. The zero-order valence-electron chi connectivity index (χ0n) is 11.4. The maximum atomic E-state index is 5.89. The van der Waals surface area contributed by atoms with Gasteiger partial charge in [-0.1, -0.05) is 27.7 Å². The van der Waals surface area contributed by atoms with E-state index < -0.39 is 0 Å². The molecule has 3 rings (SSSR count). The van der Waals surface area contributed by atoms with Crippen molar-refractivity contribution in [2.45, 2.75) is 39.5 Å². The van der Waals surface area contributed by atoms with Crippen LogP contribution >= 0.6 is 0 Å². The van der Waals surface area contributed by atoms with E-state index in [2.05, 4.69) is 56.9 Å². The summed E-state index contributed by atoms with van der Waals surface area (Å²) in [6.07, 6.45) is 0. The predicted molar refractivity (Wildman–Crippen MR) is 76.2 cm³/mol. The van der Waals surface area contributed by atoms with Gasteiger partial charge < -0.3 is 9.40 Å². The number of aromatic nitrogens is 1. The summed E-state index contributed by atoms with van der Waals surface area (Å²) >= 11 is 0. The fourth-order valence-corrected chi connectivity index (χ4v) is 2.31. The van der Waals surface area contributed by atoms with Crippen LogP contribution in [-0.4, -0.2) is 4.98 Å². The maximum absolute atomic E-state index is 5.89. The monoisotopic (exact) mass is 241 g/mol. The van der Waals surface area contributed by atoms with Crippen molar-refractivity contribution >= 4 is 21.9 Å². The van der Waals surface area contributed by atoms with Gasteiger partial charge in [-0.15, -0.1) is 0 Å². The van der Waals surface area contributed by atoms with Gasteiger partial charge in [0.2, 0.25) is 0 Å². The van der Waals surface area contributed by atoms with Gasteiger partial charge >= 0.3 is 0 Å². The standard InChI is InChI=1S/C16H19NO/c1-9(2)13-5-11-7-16-12(6-14(11)17-13)8-15(18-16)10(3)4/h5-10,17H,1-4H3. The molecule has 2 heteroatoms. The lowest BCUT2D eigenvalue weighted by molar-refractivity contribution is 0.522. The van der Waals surface area contributed by atoms with E-state index in [1.165, 1.54) is 22.0 Å². The molecule has 18 heavy (non-hydrogen) atoms. The van der Waals surface area contributed by atoms with Crippen LogP contribution in [0.15, 0.2) is 28.7 Å². The molecule has 2 heterocycles. The van der Waals surface area contributed by atoms with Crippen molar-refractivity contribution in [3.05, 3.63) is 35.7 Å². The number of benzene rings is 1. The first-order chi connectivity index (χ1) is 8.54. The Morgan fingerprint density at radius 2 is 1.67 bits per heavy atom. The number of fused-ring (bicyclic) bond motifs is 2. The van der Waals surface area contributed by atoms with Crippen LogP contribution in [0.4, 0.5) is 0 Å². The second-order valence-electron chi connectivity index (χ2n) is 5.66. The Hall–Kier alpha value is -1.70. The second kappa shape index (κ2) is 3.91. The molecule has 3 aromatic rings. The lowest BCUT2D eigenvalue weighted by Gasteiger charge is -1.97. The second-order valence-corrected chi connectivity index (χ2v) is 5.66. The minimum absolute atomic E-state index is 0.432. The molecule has 1 aromatic carbocycles. The van der Waals surface area contributed by atoms with Gasteiger partial charge in [0.1, 0.15) is 11.3 Å². The molecule has 0 bridgehead atoms. The molecule has 94 valence electrons. The highest BCUT2D eigenvalue weighted by Gasteiger charge is 2.10. The Morgan fingerprint density at radius 3 is 2.33 bits per heavy atom. The summed E-state index contributed by atoms with van der Waals surface area (Å²) in [5.41, 5.74) is 3.46. The van der Waals surface area contributed by atoms with Gasteiger partial charge in [0.25, 0.3) is 0 Å². The van der Waals surface area contributed by atoms with E-state index in [-0.39, 0.29) is 0 Å².